The van der Waals surface area contributed by atoms with Crippen molar-refractivity contribution in [3.8, 4) is 17.2 Å². The van der Waals surface area contributed by atoms with E-state index in [4.69, 9.17) is 14.2 Å². The lowest BCUT2D eigenvalue weighted by atomic mass is 10.2. The Bertz CT molecular complexity index is 976. The van der Waals surface area contributed by atoms with E-state index in [0.717, 1.165) is 10.6 Å². The largest absolute Gasteiger partial charge is 0.497 e. The first kappa shape index (κ1) is 19.8. The van der Waals surface area contributed by atoms with E-state index in [0.29, 0.717) is 41.8 Å². The molecular formula is C19H22N2O6S. The summed E-state index contributed by atoms with van der Waals surface area (Å²) in [7, 11) is -2.22. The Labute approximate surface area is 164 Å². The zero-order valence-corrected chi connectivity index (χ0v) is 16.7. The van der Waals surface area contributed by atoms with Crippen LogP contribution in [0.4, 0.5) is 11.4 Å². The molecule has 9 heteroatoms. The van der Waals surface area contributed by atoms with Crippen LogP contribution in [-0.4, -0.2) is 46.9 Å². The van der Waals surface area contributed by atoms with Crippen LogP contribution >= 0.6 is 0 Å². The van der Waals surface area contributed by atoms with Crippen LogP contribution in [0.2, 0.25) is 0 Å². The first-order valence-electron chi connectivity index (χ1n) is 8.63. The van der Waals surface area contributed by atoms with E-state index in [9.17, 15) is 13.2 Å². The lowest BCUT2D eigenvalue weighted by molar-refractivity contribution is -0.116. The molecule has 0 radical (unpaired) electrons. The summed E-state index contributed by atoms with van der Waals surface area (Å²) in [6.45, 7) is 2.33. The van der Waals surface area contributed by atoms with Crippen LogP contribution in [0.3, 0.4) is 0 Å². The minimum absolute atomic E-state index is 0.319. The lowest BCUT2D eigenvalue weighted by Gasteiger charge is -2.29. The van der Waals surface area contributed by atoms with Gasteiger partial charge < -0.3 is 19.5 Å². The van der Waals surface area contributed by atoms with Gasteiger partial charge in [-0.05, 0) is 31.2 Å². The van der Waals surface area contributed by atoms with Crippen LogP contribution in [-0.2, 0) is 14.8 Å². The molecule has 8 nitrogen and oxygen atoms in total. The zero-order valence-electron chi connectivity index (χ0n) is 15.8. The topological polar surface area (TPSA) is 94.2 Å². The minimum atomic E-state index is -3.74. The number of ether oxygens (including phenoxy) is 3. The van der Waals surface area contributed by atoms with Gasteiger partial charge in [0, 0.05) is 17.8 Å². The van der Waals surface area contributed by atoms with Gasteiger partial charge in [-0.25, -0.2) is 8.42 Å². The molecule has 1 aliphatic heterocycles. The average molecular weight is 406 g/mol. The normalized spacial score (nSPS) is 14.1. The van der Waals surface area contributed by atoms with Gasteiger partial charge in [-0.15, -0.1) is 0 Å². The molecule has 3 rings (SSSR count). The maximum Gasteiger partial charge on any atom is 0.247 e. The summed E-state index contributed by atoms with van der Waals surface area (Å²) >= 11 is 0. The number of amides is 1. The van der Waals surface area contributed by atoms with Crippen molar-refractivity contribution in [3.63, 3.8) is 0 Å². The van der Waals surface area contributed by atoms with Gasteiger partial charge in [0.25, 0.3) is 0 Å². The van der Waals surface area contributed by atoms with Gasteiger partial charge in [-0.1, -0.05) is 6.07 Å². The Hall–Kier alpha value is -2.94. The fourth-order valence-corrected chi connectivity index (χ4v) is 4.09. The number of hydrogen-bond acceptors (Lipinski definition) is 6. The minimum Gasteiger partial charge on any atom is -0.497 e. The Kier molecular flexibility index (Phi) is 5.64. The molecule has 0 saturated carbocycles. The van der Waals surface area contributed by atoms with Crippen LogP contribution in [0.1, 0.15) is 6.92 Å². The van der Waals surface area contributed by atoms with E-state index < -0.39 is 22.0 Å². The van der Waals surface area contributed by atoms with Gasteiger partial charge in [0.1, 0.15) is 25.0 Å². The summed E-state index contributed by atoms with van der Waals surface area (Å²) < 4.78 is 42.1. The van der Waals surface area contributed by atoms with Crippen LogP contribution in [0.15, 0.2) is 42.5 Å². The maximum absolute atomic E-state index is 12.7. The molecule has 2 aromatic carbocycles. The van der Waals surface area contributed by atoms with Gasteiger partial charge in [0.05, 0.1) is 19.1 Å². The Balaban J connectivity index is 1.88. The van der Waals surface area contributed by atoms with E-state index in [1.807, 2.05) is 0 Å². The number of hydrogen-bond donors (Lipinski definition) is 1. The summed E-state index contributed by atoms with van der Waals surface area (Å²) in [5.41, 5.74) is 0.826. The van der Waals surface area contributed by atoms with E-state index in [1.165, 1.54) is 14.0 Å². The molecule has 0 spiro atoms. The lowest BCUT2D eigenvalue weighted by Crippen LogP contribution is -2.45. The summed E-state index contributed by atoms with van der Waals surface area (Å²) in [5.74, 6) is 1.08. The third-order valence-corrected chi connectivity index (χ3v) is 5.45. The number of nitrogens with one attached hydrogen (secondary N) is 1. The Morgan fingerprint density at radius 3 is 2.54 bits per heavy atom. The molecule has 28 heavy (non-hydrogen) atoms. The fraction of sp³-hybridized carbons (Fsp3) is 0.316. The Morgan fingerprint density at radius 1 is 1.14 bits per heavy atom. The number of carbonyl (C=O) groups excluding carboxylic acids is 1. The number of anilines is 2. The summed E-state index contributed by atoms with van der Waals surface area (Å²) in [4.78, 5) is 12.7. The van der Waals surface area contributed by atoms with E-state index >= 15 is 0 Å². The second-order valence-corrected chi connectivity index (χ2v) is 8.14. The summed E-state index contributed by atoms with van der Waals surface area (Å²) in [6.07, 6.45) is 1.05. The molecule has 1 atom stereocenters. The number of rotatable bonds is 6. The zero-order chi connectivity index (χ0) is 20.3. The Morgan fingerprint density at radius 2 is 1.86 bits per heavy atom. The van der Waals surface area contributed by atoms with Crippen molar-refractivity contribution in [2.45, 2.75) is 13.0 Å². The molecular weight excluding hydrogens is 384 g/mol. The van der Waals surface area contributed by atoms with Crippen molar-refractivity contribution < 1.29 is 27.4 Å². The molecule has 1 heterocycles. The van der Waals surface area contributed by atoms with Crippen molar-refractivity contribution in [1.82, 2.24) is 0 Å². The van der Waals surface area contributed by atoms with Crippen LogP contribution in [0.25, 0.3) is 0 Å². The van der Waals surface area contributed by atoms with Gasteiger partial charge in [0.2, 0.25) is 15.9 Å². The molecule has 150 valence electrons. The predicted molar refractivity (Wildman–Crippen MR) is 106 cm³/mol. The number of sulfonamides is 1. The van der Waals surface area contributed by atoms with Crippen molar-refractivity contribution in [3.05, 3.63) is 42.5 Å². The molecule has 2 aromatic rings. The van der Waals surface area contributed by atoms with E-state index in [-0.39, 0.29) is 0 Å². The average Bonchev–Trinajstić information content (AvgIpc) is 2.67. The highest BCUT2D eigenvalue weighted by atomic mass is 32.2. The SMILES string of the molecule is COc1cccc(NC(=O)[C@@H](C)N(c2ccc3c(c2)OCCO3)S(C)(=O)=O)c1. The quantitative estimate of drug-likeness (QED) is 0.791. The first-order valence-corrected chi connectivity index (χ1v) is 10.5. The van der Waals surface area contributed by atoms with Gasteiger partial charge in [0.15, 0.2) is 11.5 Å². The molecule has 1 N–H and O–H groups in total. The van der Waals surface area contributed by atoms with Crippen molar-refractivity contribution in [2.24, 2.45) is 0 Å². The molecule has 1 amide bonds. The van der Waals surface area contributed by atoms with Crippen molar-refractivity contribution >= 4 is 27.3 Å². The molecule has 0 unspecified atom stereocenters. The second kappa shape index (κ2) is 7.97. The third-order valence-electron chi connectivity index (χ3n) is 4.21. The fourth-order valence-electron chi connectivity index (χ4n) is 2.93. The highest BCUT2D eigenvalue weighted by molar-refractivity contribution is 7.92. The second-order valence-electron chi connectivity index (χ2n) is 6.28. The van der Waals surface area contributed by atoms with Crippen molar-refractivity contribution in [2.75, 3.05) is 36.2 Å². The molecule has 1 aliphatic rings. The summed E-state index contributed by atoms with van der Waals surface area (Å²) in [5, 5.41) is 2.72. The predicted octanol–water partition coefficient (Wildman–Crippen LogP) is 2.26. The van der Waals surface area contributed by atoms with Gasteiger partial charge >= 0.3 is 0 Å². The van der Waals surface area contributed by atoms with Crippen LogP contribution in [0, 0.1) is 0 Å². The van der Waals surface area contributed by atoms with Crippen LogP contribution < -0.4 is 23.8 Å². The first-order chi connectivity index (χ1) is 13.3. The molecule has 0 aliphatic carbocycles. The third kappa shape index (κ3) is 4.30. The highest BCUT2D eigenvalue weighted by Crippen LogP contribution is 2.35. The van der Waals surface area contributed by atoms with E-state index in [1.54, 1.807) is 42.5 Å². The monoisotopic (exact) mass is 406 g/mol. The maximum atomic E-state index is 12.7. The highest BCUT2D eigenvalue weighted by Gasteiger charge is 2.30. The molecule has 0 fully saturated rings. The summed E-state index contributed by atoms with van der Waals surface area (Å²) in [6, 6.07) is 10.6. The van der Waals surface area contributed by atoms with Gasteiger partial charge in [-0.3, -0.25) is 9.10 Å². The molecule has 0 saturated heterocycles. The van der Waals surface area contributed by atoms with Crippen LogP contribution in [0.5, 0.6) is 17.2 Å². The van der Waals surface area contributed by atoms with E-state index in [2.05, 4.69) is 5.32 Å². The molecule has 0 aromatic heterocycles. The number of benzene rings is 2. The number of fused-ring (bicyclic) bond motifs is 1. The standard InChI is InChI=1S/C19H22N2O6S/c1-13(19(22)20-14-5-4-6-16(11-14)25-2)21(28(3,23)24)15-7-8-17-18(12-15)27-10-9-26-17/h4-8,11-13H,9-10H2,1-3H3,(H,20,22)/t13-/m1/s1. The number of carbonyl (C=O) groups is 1. The van der Waals surface area contributed by atoms with Crippen molar-refractivity contribution in [1.29, 1.82) is 0 Å². The smallest absolute Gasteiger partial charge is 0.247 e. The molecule has 0 bridgehead atoms. The number of methoxy groups -OCH3 is 1. The number of nitrogens with zero attached hydrogens (tertiary/aromatic N) is 1. The van der Waals surface area contributed by atoms with Gasteiger partial charge in [-0.2, -0.15) is 0 Å².